The van der Waals surface area contributed by atoms with E-state index in [0.29, 0.717) is 6.54 Å². The zero-order chi connectivity index (χ0) is 11.5. The summed E-state index contributed by atoms with van der Waals surface area (Å²) in [5.41, 5.74) is 9.21. The van der Waals surface area contributed by atoms with Crippen LogP contribution in [0.25, 0.3) is 5.69 Å². The van der Waals surface area contributed by atoms with Crippen LogP contribution >= 0.6 is 15.9 Å². The quantitative estimate of drug-likeness (QED) is 0.938. The van der Waals surface area contributed by atoms with Gasteiger partial charge in [0.15, 0.2) is 0 Å². The predicted molar refractivity (Wildman–Crippen MR) is 68.8 cm³/mol. The van der Waals surface area contributed by atoms with Crippen molar-refractivity contribution >= 4 is 15.9 Å². The molecule has 0 atom stereocenters. The third-order valence-electron chi connectivity index (χ3n) is 2.45. The topological polar surface area (TPSA) is 43.8 Å². The lowest BCUT2D eigenvalue weighted by molar-refractivity contribution is 0.849. The zero-order valence-electron chi connectivity index (χ0n) is 9.15. The summed E-state index contributed by atoms with van der Waals surface area (Å²) in [7, 11) is 0. The van der Waals surface area contributed by atoms with Gasteiger partial charge in [0.25, 0.3) is 0 Å². The molecule has 4 heteroatoms. The van der Waals surface area contributed by atoms with Gasteiger partial charge in [-0.05, 0) is 47.4 Å². The summed E-state index contributed by atoms with van der Waals surface area (Å²) < 4.78 is 2.85. The van der Waals surface area contributed by atoms with E-state index in [0.717, 1.165) is 16.6 Å². The number of aryl methyl sites for hydroxylation is 1. The van der Waals surface area contributed by atoms with E-state index < -0.39 is 0 Å². The molecule has 84 valence electrons. The van der Waals surface area contributed by atoms with Crippen molar-refractivity contribution in [2.45, 2.75) is 13.3 Å². The van der Waals surface area contributed by atoms with Crippen molar-refractivity contribution in [1.82, 2.24) is 9.78 Å². The number of nitrogens with two attached hydrogens (primary N) is 1. The van der Waals surface area contributed by atoms with Crippen LogP contribution in [0.15, 0.2) is 35.1 Å². The molecule has 0 aliphatic rings. The van der Waals surface area contributed by atoms with Gasteiger partial charge in [0, 0.05) is 6.20 Å². The fourth-order valence-corrected chi connectivity index (χ4v) is 2.01. The van der Waals surface area contributed by atoms with E-state index in [9.17, 15) is 0 Å². The van der Waals surface area contributed by atoms with Crippen molar-refractivity contribution in [1.29, 1.82) is 0 Å². The number of nitrogens with zero attached hydrogens (tertiary/aromatic N) is 2. The van der Waals surface area contributed by atoms with Crippen LogP contribution in [0.1, 0.15) is 11.1 Å². The molecule has 1 heterocycles. The lowest BCUT2D eigenvalue weighted by Crippen LogP contribution is -2.07. The first-order chi connectivity index (χ1) is 7.70. The first-order valence-corrected chi connectivity index (χ1v) is 6.00. The van der Waals surface area contributed by atoms with Gasteiger partial charge in [-0.25, -0.2) is 4.68 Å². The molecule has 0 unspecified atom stereocenters. The number of hydrogen-bond donors (Lipinski definition) is 1. The van der Waals surface area contributed by atoms with Crippen molar-refractivity contribution in [2.24, 2.45) is 5.73 Å². The van der Waals surface area contributed by atoms with Gasteiger partial charge in [-0.3, -0.25) is 0 Å². The summed E-state index contributed by atoms with van der Waals surface area (Å²) >= 11 is 3.40. The van der Waals surface area contributed by atoms with Gasteiger partial charge in [-0.1, -0.05) is 17.7 Å². The molecule has 1 aromatic carbocycles. The molecule has 0 saturated heterocycles. The maximum atomic E-state index is 5.62. The molecule has 0 amide bonds. The molecule has 0 aliphatic carbocycles. The highest BCUT2D eigenvalue weighted by Gasteiger charge is 2.05. The van der Waals surface area contributed by atoms with Crippen LogP contribution in [0.2, 0.25) is 0 Å². The molecule has 0 spiro atoms. The van der Waals surface area contributed by atoms with Crippen LogP contribution in [0, 0.1) is 6.92 Å². The van der Waals surface area contributed by atoms with E-state index >= 15 is 0 Å². The maximum Gasteiger partial charge on any atom is 0.0678 e. The highest BCUT2D eigenvalue weighted by Crippen LogP contribution is 2.18. The van der Waals surface area contributed by atoms with Crippen LogP contribution in [0.5, 0.6) is 0 Å². The Bertz CT molecular complexity index is 491. The molecule has 2 rings (SSSR count). The van der Waals surface area contributed by atoms with Crippen molar-refractivity contribution in [3.05, 3.63) is 46.2 Å². The van der Waals surface area contributed by atoms with E-state index in [1.54, 1.807) is 6.20 Å². The van der Waals surface area contributed by atoms with Gasteiger partial charge >= 0.3 is 0 Å². The van der Waals surface area contributed by atoms with E-state index in [1.165, 1.54) is 11.1 Å². The third kappa shape index (κ3) is 2.33. The van der Waals surface area contributed by atoms with E-state index in [2.05, 4.69) is 46.2 Å². The standard InChI is InChI=1S/C12H14BrN3/c1-9-2-3-12(10(6-9)4-5-14)16-8-11(13)7-15-16/h2-3,6-8H,4-5,14H2,1H3. The summed E-state index contributed by atoms with van der Waals surface area (Å²) in [4.78, 5) is 0. The minimum absolute atomic E-state index is 0.652. The van der Waals surface area contributed by atoms with Crippen LogP contribution in [-0.4, -0.2) is 16.3 Å². The Labute approximate surface area is 103 Å². The molecule has 2 N–H and O–H groups in total. The molecule has 0 fully saturated rings. The van der Waals surface area contributed by atoms with Gasteiger partial charge in [0.05, 0.1) is 16.4 Å². The van der Waals surface area contributed by atoms with Gasteiger partial charge < -0.3 is 5.73 Å². The van der Waals surface area contributed by atoms with Crippen molar-refractivity contribution in [2.75, 3.05) is 6.54 Å². The Hall–Kier alpha value is -1.13. The Morgan fingerprint density at radius 2 is 2.25 bits per heavy atom. The van der Waals surface area contributed by atoms with Crippen LogP contribution in [0.3, 0.4) is 0 Å². The van der Waals surface area contributed by atoms with Crippen molar-refractivity contribution in [3.63, 3.8) is 0 Å². The molecule has 0 aliphatic heterocycles. The average Bonchev–Trinajstić information content (AvgIpc) is 2.65. The summed E-state index contributed by atoms with van der Waals surface area (Å²) in [6, 6.07) is 6.34. The Morgan fingerprint density at radius 3 is 2.88 bits per heavy atom. The summed E-state index contributed by atoms with van der Waals surface area (Å²) in [6.45, 7) is 2.74. The van der Waals surface area contributed by atoms with Crippen LogP contribution in [0.4, 0.5) is 0 Å². The second kappa shape index (κ2) is 4.80. The Morgan fingerprint density at radius 1 is 1.44 bits per heavy atom. The van der Waals surface area contributed by atoms with E-state index in [4.69, 9.17) is 5.73 Å². The highest BCUT2D eigenvalue weighted by molar-refractivity contribution is 9.10. The number of halogens is 1. The minimum Gasteiger partial charge on any atom is -0.330 e. The van der Waals surface area contributed by atoms with E-state index in [-0.39, 0.29) is 0 Å². The number of aromatic nitrogens is 2. The number of hydrogen-bond acceptors (Lipinski definition) is 2. The normalized spacial score (nSPS) is 10.7. The first kappa shape index (κ1) is 11.4. The Kier molecular flexibility index (Phi) is 3.41. The summed E-state index contributed by atoms with van der Waals surface area (Å²) in [6.07, 6.45) is 4.60. The zero-order valence-corrected chi connectivity index (χ0v) is 10.7. The smallest absolute Gasteiger partial charge is 0.0678 e. The van der Waals surface area contributed by atoms with Gasteiger partial charge in [-0.15, -0.1) is 0 Å². The van der Waals surface area contributed by atoms with E-state index in [1.807, 2.05) is 10.9 Å². The lowest BCUT2D eigenvalue weighted by atomic mass is 10.1. The first-order valence-electron chi connectivity index (χ1n) is 5.21. The van der Waals surface area contributed by atoms with Crippen molar-refractivity contribution < 1.29 is 0 Å². The monoisotopic (exact) mass is 279 g/mol. The lowest BCUT2D eigenvalue weighted by Gasteiger charge is -2.09. The predicted octanol–water partition coefficient (Wildman–Crippen LogP) is 2.44. The molecule has 0 radical (unpaired) electrons. The molecular weight excluding hydrogens is 266 g/mol. The summed E-state index contributed by atoms with van der Waals surface area (Å²) in [5, 5.41) is 4.29. The minimum atomic E-state index is 0.652. The number of benzene rings is 1. The average molecular weight is 280 g/mol. The molecule has 0 bridgehead atoms. The SMILES string of the molecule is Cc1ccc(-n2cc(Br)cn2)c(CCN)c1. The Balaban J connectivity index is 2.47. The molecular formula is C12H14BrN3. The second-order valence-corrected chi connectivity index (χ2v) is 4.69. The molecule has 1 aromatic heterocycles. The molecule has 2 aromatic rings. The molecule has 3 nitrogen and oxygen atoms in total. The summed E-state index contributed by atoms with van der Waals surface area (Å²) in [5.74, 6) is 0. The highest BCUT2D eigenvalue weighted by atomic mass is 79.9. The molecule has 0 saturated carbocycles. The fourth-order valence-electron chi connectivity index (χ4n) is 1.73. The number of rotatable bonds is 3. The van der Waals surface area contributed by atoms with Gasteiger partial charge in [0.1, 0.15) is 0 Å². The molecule has 16 heavy (non-hydrogen) atoms. The van der Waals surface area contributed by atoms with Gasteiger partial charge in [-0.2, -0.15) is 5.10 Å². The largest absolute Gasteiger partial charge is 0.330 e. The van der Waals surface area contributed by atoms with Crippen molar-refractivity contribution in [3.8, 4) is 5.69 Å². The van der Waals surface area contributed by atoms with Gasteiger partial charge in [0.2, 0.25) is 0 Å². The van der Waals surface area contributed by atoms with Crippen LogP contribution in [-0.2, 0) is 6.42 Å². The van der Waals surface area contributed by atoms with Crippen LogP contribution < -0.4 is 5.73 Å². The fraction of sp³-hybridized carbons (Fsp3) is 0.250. The second-order valence-electron chi connectivity index (χ2n) is 3.77. The third-order valence-corrected chi connectivity index (χ3v) is 2.86. The maximum absolute atomic E-state index is 5.62.